The van der Waals surface area contributed by atoms with Gasteiger partial charge in [0.1, 0.15) is 11.5 Å². The summed E-state index contributed by atoms with van der Waals surface area (Å²) in [7, 11) is 0. The molecular formula is C20H18N4O2. The van der Waals surface area contributed by atoms with Crippen LogP contribution in [0, 0.1) is 0 Å². The van der Waals surface area contributed by atoms with Gasteiger partial charge in [-0.3, -0.25) is 9.89 Å². The van der Waals surface area contributed by atoms with Gasteiger partial charge in [0.15, 0.2) is 0 Å². The first-order chi connectivity index (χ1) is 12.7. The van der Waals surface area contributed by atoms with E-state index in [1.165, 1.54) is 5.56 Å². The Labute approximate surface area is 150 Å². The molecule has 0 saturated carbocycles. The minimum Gasteiger partial charge on any atom is -0.465 e. The predicted octanol–water partition coefficient (Wildman–Crippen LogP) is 3.59. The van der Waals surface area contributed by atoms with E-state index in [2.05, 4.69) is 26.8 Å². The molecule has 1 amide bonds. The second-order valence-corrected chi connectivity index (χ2v) is 6.19. The summed E-state index contributed by atoms with van der Waals surface area (Å²) in [5.74, 6) is 0.446. The van der Waals surface area contributed by atoms with Gasteiger partial charge in [-0.15, -0.1) is 0 Å². The van der Waals surface area contributed by atoms with Crippen molar-refractivity contribution in [1.82, 2.24) is 15.6 Å². The average molecular weight is 346 g/mol. The number of fused-ring (bicyclic) bond motifs is 3. The molecule has 2 N–H and O–H groups in total. The highest BCUT2D eigenvalue weighted by molar-refractivity contribution is 5.96. The van der Waals surface area contributed by atoms with Crippen LogP contribution in [0.25, 0.3) is 17.3 Å². The fourth-order valence-corrected chi connectivity index (χ4v) is 3.13. The van der Waals surface area contributed by atoms with Gasteiger partial charge in [0, 0.05) is 11.1 Å². The van der Waals surface area contributed by atoms with Crippen molar-refractivity contribution in [3.05, 3.63) is 70.8 Å². The molecule has 0 bridgehead atoms. The molecule has 0 radical (unpaired) electrons. The molecule has 26 heavy (non-hydrogen) atoms. The lowest BCUT2D eigenvalue weighted by atomic mass is 9.89. The molecule has 4 rings (SSSR count). The molecule has 0 fully saturated rings. The largest absolute Gasteiger partial charge is 0.465 e. The summed E-state index contributed by atoms with van der Waals surface area (Å²) in [4.78, 5) is 12.5. The lowest BCUT2D eigenvalue weighted by molar-refractivity contribution is 0.0949. The Morgan fingerprint density at radius 3 is 3.00 bits per heavy atom. The van der Waals surface area contributed by atoms with E-state index in [1.54, 1.807) is 12.5 Å². The summed E-state index contributed by atoms with van der Waals surface area (Å²) >= 11 is 0. The highest BCUT2D eigenvalue weighted by Gasteiger charge is 2.24. The van der Waals surface area contributed by atoms with Crippen LogP contribution in [0.5, 0.6) is 0 Å². The van der Waals surface area contributed by atoms with E-state index in [1.807, 2.05) is 43.3 Å². The zero-order valence-corrected chi connectivity index (χ0v) is 14.3. The number of furan rings is 1. The number of carbonyl (C=O) groups is 1. The van der Waals surface area contributed by atoms with Gasteiger partial charge in [0.2, 0.25) is 0 Å². The lowest BCUT2D eigenvalue weighted by Gasteiger charge is -2.15. The van der Waals surface area contributed by atoms with Crippen molar-refractivity contribution in [2.45, 2.75) is 19.8 Å². The number of aromatic nitrogens is 2. The third kappa shape index (κ3) is 3.09. The molecule has 6 heteroatoms. The number of hydrazone groups is 1. The average Bonchev–Trinajstić information content (AvgIpc) is 3.31. The fraction of sp³-hybridized carbons (Fsp3) is 0.150. The first-order valence-corrected chi connectivity index (χ1v) is 8.43. The number of aromatic amines is 1. The third-order valence-electron chi connectivity index (χ3n) is 4.36. The Morgan fingerprint density at radius 1 is 1.27 bits per heavy atom. The maximum Gasteiger partial charge on any atom is 0.289 e. The Bertz CT molecular complexity index is 997. The molecule has 0 unspecified atom stereocenters. The van der Waals surface area contributed by atoms with Gasteiger partial charge in [-0.05, 0) is 49.1 Å². The van der Waals surface area contributed by atoms with Crippen LogP contribution in [0.3, 0.4) is 0 Å². The number of allylic oxidation sites excluding steroid dienone is 1. The number of nitrogens with zero attached hydrogens (tertiary/aromatic N) is 2. The second-order valence-electron chi connectivity index (χ2n) is 6.19. The number of H-pyrrole nitrogens is 1. The zero-order chi connectivity index (χ0) is 17.9. The standard InChI is InChI=1S/C20H18N4O2/c1-13(11-15-6-4-10-26-15)12-21-24-20(25)19-17-9-8-14-5-2-3-7-16(14)18(17)22-23-19/h2-7,10-12H,8-9H2,1H3,(H,22,23)(H,24,25)/b13-11+,21-12+. The van der Waals surface area contributed by atoms with E-state index >= 15 is 0 Å². The molecule has 1 aliphatic rings. The van der Waals surface area contributed by atoms with Gasteiger partial charge < -0.3 is 4.42 Å². The number of hydrogen-bond acceptors (Lipinski definition) is 4. The number of hydrogen-bond donors (Lipinski definition) is 2. The first kappa shape index (κ1) is 16.1. The Morgan fingerprint density at radius 2 is 2.15 bits per heavy atom. The molecule has 1 aliphatic carbocycles. The second kappa shape index (κ2) is 6.84. The Balaban J connectivity index is 1.49. The summed E-state index contributed by atoms with van der Waals surface area (Å²) in [6.45, 7) is 1.88. The summed E-state index contributed by atoms with van der Waals surface area (Å²) in [5.41, 5.74) is 8.04. The molecule has 0 spiro atoms. The monoisotopic (exact) mass is 346 g/mol. The number of benzene rings is 1. The maximum absolute atomic E-state index is 12.5. The number of aryl methyl sites for hydroxylation is 1. The first-order valence-electron chi connectivity index (χ1n) is 8.43. The molecule has 0 atom stereocenters. The molecule has 2 heterocycles. The number of carbonyl (C=O) groups excluding carboxylic acids is 1. The van der Waals surface area contributed by atoms with Gasteiger partial charge in [-0.2, -0.15) is 10.2 Å². The van der Waals surface area contributed by atoms with Crippen molar-refractivity contribution in [1.29, 1.82) is 0 Å². The van der Waals surface area contributed by atoms with Crippen molar-refractivity contribution in [2.24, 2.45) is 5.10 Å². The Kier molecular flexibility index (Phi) is 4.23. The molecule has 3 aromatic rings. The molecule has 6 nitrogen and oxygen atoms in total. The molecule has 1 aromatic carbocycles. The third-order valence-corrected chi connectivity index (χ3v) is 4.36. The number of amides is 1. The van der Waals surface area contributed by atoms with Crippen molar-refractivity contribution in [2.75, 3.05) is 0 Å². The molecule has 0 aliphatic heterocycles. The highest BCUT2D eigenvalue weighted by atomic mass is 16.3. The quantitative estimate of drug-likeness (QED) is 0.559. The number of nitrogens with one attached hydrogen (secondary N) is 2. The summed E-state index contributed by atoms with van der Waals surface area (Å²) < 4.78 is 5.24. The molecular weight excluding hydrogens is 328 g/mol. The fourth-order valence-electron chi connectivity index (χ4n) is 3.13. The van der Waals surface area contributed by atoms with Gasteiger partial charge in [0.05, 0.1) is 18.2 Å². The minimum absolute atomic E-state index is 0.292. The van der Waals surface area contributed by atoms with E-state index in [0.29, 0.717) is 5.69 Å². The smallest absolute Gasteiger partial charge is 0.289 e. The number of rotatable bonds is 4. The van der Waals surface area contributed by atoms with Crippen LogP contribution in [0.1, 0.15) is 34.3 Å². The maximum atomic E-state index is 12.5. The van der Waals surface area contributed by atoms with E-state index in [0.717, 1.165) is 41.0 Å². The van der Waals surface area contributed by atoms with Crippen LogP contribution in [0.2, 0.25) is 0 Å². The van der Waals surface area contributed by atoms with Crippen molar-refractivity contribution >= 4 is 18.2 Å². The van der Waals surface area contributed by atoms with Crippen molar-refractivity contribution in [3.63, 3.8) is 0 Å². The van der Waals surface area contributed by atoms with Crippen LogP contribution in [0.4, 0.5) is 0 Å². The highest BCUT2D eigenvalue weighted by Crippen LogP contribution is 2.33. The topological polar surface area (TPSA) is 83.3 Å². The van der Waals surface area contributed by atoms with Crippen LogP contribution in [0.15, 0.2) is 57.8 Å². The predicted molar refractivity (Wildman–Crippen MR) is 99.7 cm³/mol. The molecule has 2 aromatic heterocycles. The molecule has 130 valence electrons. The summed E-state index contributed by atoms with van der Waals surface area (Å²) in [6.07, 6.45) is 6.71. The summed E-state index contributed by atoms with van der Waals surface area (Å²) in [5, 5.41) is 11.2. The van der Waals surface area contributed by atoms with E-state index < -0.39 is 0 Å². The van der Waals surface area contributed by atoms with Crippen molar-refractivity contribution in [3.8, 4) is 11.3 Å². The van der Waals surface area contributed by atoms with E-state index in [4.69, 9.17) is 4.42 Å². The van der Waals surface area contributed by atoms with E-state index in [-0.39, 0.29) is 5.91 Å². The van der Waals surface area contributed by atoms with Crippen LogP contribution < -0.4 is 5.43 Å². The summed E-state index contributed by atoms with van der Waals surface area (Å²) in [6, 6.07) is 11.8. The van der Waals surface area contributed by atoms with E-state index in [9.17, 15) is 4.79 Å². The Hall–Kier alpha value is -3.41. The normalized spacial score (nSPS) is 13.5. The SMILES string of the molecule is CC(/C=N/NC(=O)c1[nH]nc2c1CCc1ccccc1-2)=C\c1ccco1. The zero-order valence-electron chi connectivity index (χ0n) is 14.3. The van der Waals surface area contributed by atoms with Crippen LogP contribution in [-0.2, 0) is 12.8 Å². The molecule has 0 saturated heterocycles. The lowest BCUT2D eigenvalue weighted by Crippen LogP contribution is -2.20. The van der Waals surface area contributed by atoms with Crippen molar-refractivity contribution < 1.29 is 9.21 Å². The van der Waals surface area contributed by atoms with Gasteiger partial charge in [0.25, 0.3) is 5.91 Å². The van der Waals surface area contributed by atoms with Gasteiger partial charge in [-0.25, -0.2) is 5.43 Å². The minimum atomic E-state index is -0.292. The van der Waals surface area contributed by atoms with Gasteiger partial charge in [-0.1, -0.05) is 24.3 Å². The van der Waals surface area contributed by atoms with Gasteiger partial charge >= 0.3 is 0 Å². The van der Waals surface area contributed by atoms with Crippen LogP contribution >= 0.6 is 0 Å². The van der Waals surface area contributed by atoms with Crippen LogP contribution in [-0.4, -0.2) is 22.3 Å².